The molecular formula is C16H13FN4S. The van der Waals surface area contributed by atoms with Gasteiger partial charge in [-0.3, -0.25) is 0 Å². The van der Waals surface area contributed by atoms with Crippen LogP contribution in [-0.4, -0.2) is 21.1 Å². The van der Waals surface area contributed by atoms with E-state index in [-0.39, 0.29) is 5.82 Å². The normalized spacial score (nSPS) is 11.2. The number of nitrogens with zero attached hydrogens (tertiary/aromatic N) is 3. The Bertz CT molecular complexity index is 895. The zero-order valence-electron chi connectivity index (χ0n) is 11.8. The van der Waals surface area contributed by atoms with Gasteiger partial charge in [-0.05, 0) is 31.3 Å². The van der Waals surface area contributed by atoms with Crippen molar-refractivity contribution in [3.63, 3.8) is 0 Å². The van der Waals surface area contributed by atoms with Gasteiger partial charge in [-0.1, -0.05) is 42.0 Å². The van der Waals surface area contributed by atoms with E-state index in [1.165, 1.54) is 17.0 Å². The zero-order chi connectivity index (χ0) is 15.5. The van der Waals surface area contributed by atoms with Crippen molar-refractivity contribution in [1.29, 1.82) is 0 Å². The summed E-state index contributed by atoms with van der Waals surface area (Å²) in [5.41, 5.74) is 2.38. The molecule has 0 aliphatic rings. The quantitative estimate of drug-likeness (QED) is 0.588. The summed E-state index contributed by atoms with van der Waals surface area (Å²) in [6.07, 6.45) is 1.43. The van der Waals surface area contributed by atoms with Gasteiger partial charge in [0.2, 0.25) is 4.77 Å². The van der Waals surface area contributed by atoms with E-state index in [1.807, 2.05) is 31.2 Å². The fourth-order valence-electron chi connectivity index (χ4n) is 2.07. The molecule has 6 heteroatoms. The highest BCUT2D eigenvalue weighted by Crippen LogP contribution is 2.18. The highest BCUT2D eigenvalue weighted by Gasteiger charge is 2.08. The molecular weight excluding hydrogens is 299 g/mol. The lowest BCUT2D eigenvalue weighted by molar-refractivity contribution is 0.625. The maximum Gasteiger partial charge on any atom is 0.216 e. The van der Waals surface area contributed by atoms with Crippen molar-refractivity contribution in [3.8, 4) is 11.4 Å². The van der Waals surface area contributed by atoms with Crippen molar-refractivity contribution in [2.45, 2.75) is 6.92 Å². The third-order valence-electron chi connectivity index (χ3n) is 3.14. The van der Waals surface area contributed by atoms with Gasteiger partial charge in [0.1, 0.15) is 5.82 Å². The van der Waals surface area contributed by atoms with Crippen LogP contribution in [0.3, 0.4) is 0 Å². The standard InChI is InChI=1S/C16H13FN4S/c1-11-5-4-7-12(9-11)15-19-20-16(22)21(15)18-10-13-6-2-3-8-14(13)17/h2-10H,1H3,(H,20,22)/b18-10-. The van der Waals surface area contributed by atoms with Gasteiger partial charge >= 0.3 is 0 Å². The maximum atomic E-state index is 13.6. The highest BCUT2D eigenvalue weighted by atomic mass is 32.1. The van der Waals surface area contributed by atoms with Gasteiger partial charge in [-0.25, -0.2) is 9.49 Å². The van der Waals surface area contributed by atoms with Crippen LogP contribution in [0.2, 0.25) is 0 Å². The molecule has 0 unspecified atom stereocenters. The Morgan fingerprint density at radius 1 is 1.23 bits per heavy atom. The number of nitrogens with one attached hydrogen (secondary N) is 1. The Kier molecular flexibility index (Phi) is 3.93. The summed E-state index contributed by atoms with van der Waals surface area (Å²) < 4.78 is 15.5. The molecule has 3 aromatic rings. The van der Waals surface area contributed by atoms with Gasteiger partial charge in [-0.2, -0.15) is 14.9 Å². The first-order valence-corrected chi connectivity index (χ1v) is 7.09. The molecule has 0 bridgehead atoms. The Morgan fingerprint density at radius 3 is 2.82 bits per heavy atom. The van der Waals surface area contributed by atoms with E-state index in [0.29, 0.717) is 16.2 Å². The summed E-state index contributed by atoms with van der Waals surface area (Å²) in [5.74, 6) is 0.250. The third kappa shape index (κ3) is 2.87. The molecule has 0 aliphatic carbocycles. The molecule has 1 aromatic heterocycles. The number of aryl methyl sites for hydroxylation is 1. The predicted molar refractivity (Wildman–Crippen MR) is 87.0 cm³/mol. The minimum atomic E-state index is -0.335. The number of aromatic nitrogens is 3. The lowest BCUT2D eigenvalue weighted by Crippen LogP contribution is -1.96. The molecule has 0 amide bonds. The second kappa shape index (κ2) is 6.03. The van der Waals surface area contributed by atoms with Crippen LogP contribution in [-0.2, 0) is 0 Å². The van der Waals surface area contributed by atoms with Crippen molar-refractivity contribution in [2.75, 3.05) is 0 Å². The van der Waals surface area contributed by atoms with Crippen LogP contribution in [0.5, 0.6) is 0 Å². The molecule has 22 heavy (non-hydrogen) atoms. The van der Waals surface area contributed by atoms with Gasteiger partial charge in [0, 0.05) is 11.1 Å². The second-order valence-corrected chi connectivity index (χ2v) is 5.19. The molecule has 3 rings (SSSR count). The molecule has 1 N–H and O–H groups in total. The van der Waals surface area contributed by atoms with E-state index in [9.17, 15) is 4.39 Å². The molecule has 0 spiro atoms. The summed E-state index contributed by atoms with van der Waals surface area (Å²) in [5, 5.41) is 11.2. The minimum absolute atomic E-state index is 0.335. The number of hydrogen-bond acceptors (Lipinski definition) is 3. The average Bonchev–Trinajstić information content (AvgIpc) is 2.87. The largest absolute Gasteiger partial charge is 0.250 e. The van der Waals surface area contributed by atoms with Crippen LogP contribution in [0.15, 0.2) is 53.6 Å². The summed E-state index contributed by atoms with van der Waals surface area (Å²) in [7, 11) is 0. The summed E-state index contributed by atoms with van der Waals surface area (Å²) in [4.78, 5) is 0. The van der Waals surface area contributed by atoms with Crippen LogP contribution in [0.1, 0.15) is 11.1 Å². The third-order valence-corrected chi connectivity index (χ3v) is 3.41. The minimum Gasteiger partial charge on any atom is -0.250 e. The van der Waals surface area contributed by atoms with E-state index in [0.717, 1.165) is 11.1 Å². The number of benzene rings is 2. The summed E-state index contributed by atoms with van der Waals surface area (Å²) in [6, 6.07) is 14.3. The van der Waals surface area contributed by atoms with Crippen LogP contribution in [0.4, 0.5) is 4.39 Å². The Morgan fingerprint density at radius 2 is 2.05 bits per heavy atom. The number of hydrogen-bond donors (Lipinski definition) is 1. The summed E-state index contributed by atoms with van der Waals surface area (Å²) >= 11 is 5.19. The Hall–Kier alpha value is -2.60. The van der Waals surface area contributed by atoms with E-state index < -0.39 is 0 Å². The topological polar surface area (TPSA) is 46.0 Å². The van der Waals surface area contributed by atoms with Crippen LogP contribution in [0, 0.1) is 17.5 Å². The van der Waals surface area contributed by atoms with Gasteiger partial charge in [-0.15, -0.1) is 0 Å². The Balaban J connectivity index is 2.04. The highest BCUT2D eigenvalue weighted by molar-refractivity contribution is 7.71. The van der Waals surface area contributed by atoms with Crippen molar-refractivity contribution in [3.05, 3.63) is 70.2 Å². The number of aromatic amines is 1. The molecule has 0 saturated carbocycles. The fourth-order valence-corrected chi connectivity index (χ4v) is 2.25. The fraction of sp³-hybridized carbons (Fsp3) is 0.0625. The van der Waals surface area contributed by atoms with E-state index >= 15 is 0 Å². The molecule has 0 saturated heterocycles. The Labute approximate surface area is 131 Å². The van der Waals surface area contributed by atoms with Crippen molar-refractivity contribution >= 4 is 18.4 Å². The smallest absolute Gasteiger partial charge is 0.216 e. The van der Waals surface area contributed by atoms with Gasteiger partial charge in [0.05, 0.1) is 6.21 Å². The first-order chi connectivity index (χ1) is 10.6. The van der Waals surface area contributed by atoms with Crippen molar-refractivity contribution < 1.29 is 4.39 Å². The average molecular weight is 312 g/mol. The second-order valence-electron chi connectivity index (χ2n) is 4.80. The molecule has 2 aromatic carbocycles. The first-order valence-electron chi connectivity index (χ1n) is 6.68. The molecule has 4 nitrogen and oxygen atoms in total. The van der Waals surface area contributed by atoms with Crippen molar-refractivity contribution in [1.82, 2.24) is 14.9 Å². The molecule has 0 radical (unpaired) electrons. The molecule has 0 atom stereocenters. The number of halogens is 1. The zero-order valence-corrected chi connectivity index (χ0v) is 12.6. The maximum absolute atomic E-state index is 13.6. The van der Waals surface area contributed by atoms with Gasteiger partial charge in [0.25, 0.3) is 0 Å². The van der Waals surface area contributed by atoms with Gasteiger partial charge < -0.3 is 0 Å². The SMILES string of the molecule is Cc1cccc(-c2n[nH]c(=S)n2/N=C\c2ccccc2F)c1. The first kappa shape index (κ1) is 14.3. The van der Waals surface area contributed by atoms with Crippen LogP contribution >= 0.6 is 12.2 Å². The molecule has 0 fully saturated rings. The molecule has 1 heterocycles. The van der Waals surface area contributed by atoms with E-state index in [4.69, 9.17) is 12.2 Å². The molecule has 0 aliphatic heterocycles. The van der Waals surface area contributed by atoms with E-state index in [1.54, 1.807) is 18.2 Å². The lowest BCUT2D eigenvalue weighted by atomic mass is 10.1. The molecule has 110 valence electrons. The van der Waals surface area contributed by atoms with Gasteiger partial charge in [0.15, 0.2) is 5.82 Å². The lowest BCUT2D eigenvalue weighted by Gasteiger charge is -2.02. The monoisotopic (exact) mass is 312 g/mol. The van der Waals surface area contributed by atoms with Crippen molar-refractivity contribution in [2.24, 2.45) is 5.10 Å². The van der Waals surface area contributed by atoms with Crippen LogP contribution < -0.4 is 0 Å². The predicted octanol–water partition coefficient (Wildman–Crippen LogP) is 3.94. The van der Waals surface area contributed by atoms with E-state index in [2.05, 4.69) is 15.3 Å². The number of rotatable bonds is 3. The number of H-pyrrole nitrogens is 1. The van der Waals surface area contributed by atoms with Crippen LogP contribution in [0.25, 0.3) is 11.4 Å². The summed E-state index contributed by atoms with van der Waals surface area (Å²) in [6.45, 7) is 2.00.